The summed E-state index contributed by atoms with van der Waals surface area (Å²) in [7, 11) is 0. The predicted molar refractivity (Wildman–Crippen MR) is 67.4 cm³/mol. The van der Waals surface area contributed by atoms with Crippen molar-refractivity contribution in [1.29, 1.82) is 0 Å². The highest BCUT2D eigenvalue weighted by molar-refractivity contribution is 7.80. The Morgan fingerprint density at radius 1 is 1.56 bits per heavy atom. The van der Waals surface area contributed by atoms with Crippen molar-refractivity contribution in [2.24, 2.45) is 5.73 Å². The zero-order valence-corrected chi connectivity index (χ0v) is 9.88. The van der Waals surface area contributed by atoms with Gasteiger partial charge in [-0.25, -0.2) is 4.98 Å². The lowest BCUT2D eigenvalue weighted by atomic mass is 10.3. The maximum atomic E-state index is 5.57. The van der Waals surface area contributed by atoms with E-state index in [9.17, 15) is 0 Å². The van der Waals surface area contributed by atoms with Crippen LogP contribution in [0, 0.1) is 0 Å². The number of hydrogen-bond acceptors (Lipinski definition) is 6. The second-order valence-electron chi connectivity index (χ2n) is 2.99. The molecular weight excluding hydrogens is 242 g/mol. The van der Waals surface area contributed by atoms with Crippen molar-refractivity contribution in [3.05, 3.63) is 34.4 Å². The molecule has 0 spiro atoms. The minimum atomic E-state index is 0.302. The molecule has 0 saturated heterocycles. The lowest BCUT2D eigenvalue weighted by Gasteiger charge is -2.07. The average molecular weight is 251 g/mol. The monoisotopic (exact) mass is 251 g/mol. The molecule has 16 heavy (non-hydrogen) atoms. The smallest absolute Gasteiger partial charge is 0.159 e. The fourth-order valence-corrected chi connectivity index (χ4v) is 1.88. The summed E-state index contributed by atoms with van der Waals surface area (Å²) in [5, 5.41) is 12.8. The zero-order chi connectivity index (χ0) is 11.4. The van der Waals surface area contributed by atoms with Crippen molar-refractivity contribution < 1.29 is 0 Å². The highest BCUT2D eigenvalue weighted by Crippen LogP contribution is 2.11. The van der Waals surface area contributed by atoms with Crippen molar-refractivity contribution in [3.63, 3.8) is 0 Å². The number of nitrogens with two attached hydrogens (primary N) is 1. The fourth-order valence-electron chi connectivity index (χ4n) is 1.16. The molecule has 0 amide bonds. The van der Waals surface area contributed by atoms with Gasteiger partial charge >= 0.3 is 0 Å². The maximum absolute atomic E-state index is 5.57. The molecule has 2 rings (SSSR count). The van der Waals surface area contributed by atoms with Crippen molar-refractivity contribution in [3.8, 4) is 0 Å². The molecule has 0 aliphatic heterocycles. The van der Waals surface area contributed by atoms with Gasteiger partial charge in [-0.3, -0.25) is 0 Å². The third kappa shape index (κ3) is 2.50. The van der Waals surface area contributed by atoms with Gasteiger partial charge in [-0.05, 0) is 6.07 Å². The number of hydrogen-bond donors (Lipinski definition) is 2. The number of thiocarbonyl (C=S) groups is 1. The highest BCUT2D eigenvalue weighted by Gasteiger charge is 2.06. The zero-order valence-electron chi connectivity index (χ0n) is 8.25. The SMILES string of the molecule is NC(=S)c1ccnnc1NCc1cscn1. The van der Waals surface area contributed by atoms with Crippen LogP contribution in [0.1, 0.15) is 11.3 Å². The molecule has 0 fully saturated rings. The van der Waals surface area contributed by atoms with E-state index in [0.717, 1.165) is 5.69 Å². The number of aromatic nitrogens is 3. The number of nitrogens with zero attached hydrogens (tertiary/aromatic N) is 3. The van der Waals surface area contributed by atoms with E-state index in [1.807, 2.05) is 5.38 Å². The van der Waals surface area contributed by atoms with Gasteiger partial charge in [0.25, 0.3) is 0 Å². The third-order valence-corrected chi connectivity index (χ3v) is 2.76. The quantitative estimate of drug-likeness (QED) is 0.795. The second-order valence-corrected chi connectivity index (χ2v) is 4.15. The number of anilines is 1. The van der Waals surface area contributed by atoms with Crippen molar-refractivity contribution in [1.82, 2.24) is 15.2 Å². The lowest BCUT2D eigenvalue weighted by Crippen LogP contribution is -2.14. The average Bonchev–Trinajstić information content (AvgIpc) is 2.79. The van der Waals surface area contributed by atoms with E-state index in [0.29, 0.717) is 22.9 Å². The summed E-state index contributed by atoms with van der Waals surface area (Å²) in [6.45, 7) is 0.581. The normalized spacial score (nSPS) is 10.0. The Morgan fingerprint density at radius 3 is 3.12 bits per heavy atom. The first kappa shape index (κ1) is 10.9. The molecule has 2 aromatic rings. The van der Waals surface area contributed by atoms with E-state index in [1.54, 1.807) is 29.1 Å². The van der Waals surface area contributed by atoms with Gasteiger partial charge in [0.15, 0.2) is 5.82 Å². The van der Waals surface area contributed by atoms with E-state index in [4.69, 9.17) is 18.0 Å². The Bertz CT molecular complexity index is 482. The van der Waals surface area contributed by atoms with Gasteiger partial charge in [0.2, 0.25) is 0 Å². The van der Waals surface area contributed by atoms with Crippen LogP contribution in [0.15, 0.2) is 23.2 Å². The molecule has 3 N–H and O–H groups in total. The molecule has 0 bridgehead atoms. The van der Waals surface area contributed by atoms with Crippen LogP contribution in [0.2, 0.25) is 0 Å². The first-order valence-corrected chi connectivity index (χ1v) is 5.85. The standard InChI is InChI=1S/C9H9N5S2/c10-8(15)7-1-2-13-14-9(7)11-3-6-4-16-5-12-6/h1-2,4-5H,3H2,(H2,10,15)(H,11,14). The van der Waals surface area contributed by atoms with Gasteiger partial charge in [0, 0.05) is 5.38 Å². The summed E-state index contributed by atoms with van der Waals surface area (Å²) in [6.07, 6.45) is 1.56. The second kappa shape index (κ2) is 4.95. The van der Waals surface area contributed by atoms with Crippen LogP contribution in [-0.4, -0.2) is 20.2 Å². The van der Waals surface area contributed by atoms with E-state index in [1.165, 1.54) is 0 Å². The minimum absolute atomic E-state index is 0.302. The van der Waals surface area contributed by atoms with Crippen LogP contribution >= 0.6 is 23.6 Å². The molecule has 2 aromatic heterocycles. The van der Waals surface area contributed by atoms with Crippen LogP contribution in [0.4, 0.5) is 5.82 Å². The van der Waals surface area contributed by atoms with E-state index < -0.39 is 0 Å². The van der Waals surface area contributed by atoms with Gasteiger partial charge < -0.3 is 11.1 Å². The summed E-state index contributed by atoms with van der Waals surface area (Å²) < 4.78 is 0. The molecule has 5 nitrogen and oxygen atoms in total. The minimum Gasteiger partial charge on any atom is -0.389 e. The summed E-state index contributed by atoms with van der Waals surface area (Å²) in [5.41, 5.74) is 9.00. The lowest BCUT2D eigenvalue weighted by molar-refractivity contribution is 0.982. The highest BCUT2D eigenvalue weighted by atomic mass is 32.1. The maximum Gasteiger partial charge on any atom is 0.159 e. The molecule has 0 aliphatic carbocycles. The van der Waals surface area contributed by atoms with Crippen LogP contribution in [0.5, 0.6) is 0 Å². The Morgan fingerprint density at radius 2 is 2.44 bits per heavy atom. The van der Waals surface area contributed by atoms with Crippen LogP contribution in [0.25, 0.3) is 0 Å². The number of nitrogens with one attached hydrogen (secondary N) is 1. The van der Waals surface area contributed by atoms with Crippen LogP contribution < -0.4 is 11.1 Å². The number of rotatable bonds is 4. The summed E-state index contributed by atoms with van der Waals surface area (Å²) in [4.78, 5) is 4.45. The molecular formula is C9H9N5S2. The van der Waals surface area contributed by atoms with E-state index in [2.05, 4.69) is 20.5 Å². The van der Waals surface area contributed by atoms with Gasteiger partial charge in [-0.2, -0.15) is 5.10 Å². The predicted octanol–water partition coefficient (Wildman–Crippen LogP) is 1.18. The first-order chi connectivity index (χ1) is 7.77. The van der Waals surface area contributed by atoms with Gasteiger partial charge in [0.05, 0.1) is 29.5 Å². The van der Waals surface area contributed by atoms with Crippen molar-refractivity contribution >= 4 is 34.4 Å². The molecule has 82 valence electrons. The summed E-state index contributed by atoms with van der Waals surface area (Å²) in [6, 6.07) is 1.73. The fraction of sp³-hybridized carbons (Fsp3) is 0.111. The van der Waals surface area contributed by atoms with E-state index in [-0.39, 0.29) is 0 Å². The van der Waals surface area contributed by atoms with Crippen LogP contribution in [0.3, 0.4) is 0 Å². The van der Waals surface area contributed by atoms with Gasteiger partial charge in [0.1, 0.15) is 4.99 Å². The molecule has 2 heterocycles. The molecule has 0 aliphatic rings. The Kier molecular flexibility index (Phi) is 3.37. The molecule has 0 atom stereocenters. The summed E-state index contributed by atoms with van der Waals surface area (Å²) in [5.74, 6) is 0.586. The molecule has 0 radical (unpaired) electrons. The molecule has 0 aromatic carbocycles. The van der Waals surface area contributed by atoms with E-state index >= 15 is 0 Å². The topological polar surface area (TPSA) is 76.7 Å². The van der Waals surface area contributed by atoms with Crippen molar-refractivity contribution in [2.45, 2.75) is 6.54 Å². The summed E-state index contributed by atoms with van der Waals surface area (Å²) >= 11 is 6.47. The van der Waals surface area contributed by atoms with Gasteiger partial charge in [-0.1, -0.05) is 12.2 Å². The Balaban J connectivity index is 2.12. The van der Waals surface area contributed by atoms with Crippen molar-refractivity contribution in [2.75, 3.05) is 5.32 Å². The number of thiazole rings is 1. The molecule has 0 saturated carbocycles. The first-order valence-electron chi connectivity index (χ1n) is 4.50. The molecule has 7 heteroatoms. The Hall–Kier alpha value is -1.60. The third-order valence-electron chi connectivity index (χ3n) is 1.91. The van der Waals surface area contributed by atoms with Crippen LogP contribution in [-0.2, 0) is 6.54 Å². The van der Waals surface area contributed by atoms with Gasteiger partial charge in [-0.15, -0.1) is 16.4 Å². The largest absolute Gasteiger partial charge is 0.389 e. The Labute approximate surface area is 102 Å². The molecule has 0 unspecified atom stereocenters.